The van der Waals surface area contributed by atoms with Gasteiger partial charge >= 0.3 is 0 Å². The Hall–Kier alpha value is -4.45. The Labute approximate surface area is 380 Å². The molecule has 0 radical (unpaired) electrons. The topological polar surface area (TPSA) is 193 Å². The molecule has 0 bridgehead atoms. The second-order valence-electron chi connectivity index (χ2n) is 19.8. The van der Waals surface area contributed by atoms with E-state index >= 15 is 0 Å². The highest BCUT2D eigenvalue weighted by molar-refractivity contribution is 5.84. The monoisotopic (exact) mass is 882 g/mol. The van der Waals surface area contributed by atoms with E-state index in [2.05, 4.69) is 50.9 Å². The summed E-state index contributed by atoms with van der Waals surface area (Å²) in [6.45, 7) is 9.57. The molecule has 7 rings (SSSR count). The summed E-state index contributed by atoms with van der Waals surface area (Å²) in [5, 5.41) is 55.2. The average molecular weight is 882 g/mol. The van der Waals surface area contributed by atoms with Crippen LogP contribution in [0.3, 0.4) is 0 Å². The maximum atomic E-state index is 12.2. The molecule has 9 N–H and O–H groups in total. The van der Waals surface area contributed by atoms with Gasteiger partial charge in [-0.1, -0.05) is 71.6 Å². The van der Waals surface area contributed by atoms with Gasteiger partial charge in [0.2, 0.25) is 0 Å². The van der Waals surface area contributed by atoms with E-state index in [1.165, 1.54) is 19.3 Å². The molecule has 64 heavy (non-hydrogen) atoms. The number of nitrogens with zero attached hydrogens (tertiary/aromatic N) is 1. The van der Waals surface area contributed by atoms with Crippen molar-refractivity contribution in [3.63, 3.8) is 0 Å². The van der Waals surface area contributed by atoms with Crippen LogP contribution in [-0.4, -0.2) is 70.6 Å². The molecule has 1 fully saturated rings. The van der Waals surface area contributed by atoms with Crippen LogP contribution in [0.1, 0.15) is 132 Å². The summed E-state index contributed by atoms with van der Waals surface area (Å²) in [5.41, 5.74) is 18.1. The molecule has 11 nitrogen and oxygen atoms in total. The summed E-state index contributed by atoms with van der Waals surface area (Å²) >= 11 is 0. The molecule has 0 saturated heterocycles. The van der Waals surface area contributed by atoms with Gasteiger partial charge in [0, 0.05) is 49.3 Å². The molecule has 1 saturated carbocycles. The van der Waals surface area contributed by atoms with Crippen LogP contribution in [0.15, 0.2) is 53.5 Å². The fourth-order valence-electron chi connectivity index (χ4n) is 11.8. The average Bonchev–Trinajstić information content (AvgIpc) is 3.27. The molecule has 4 aliphatic rings. The third-order valence-electron chi connectivity index (χ3n) is 15.1. The smallest absolute Gasteiger partial charge is 0.185 e. The Morgan fingerprint density at radius 1 is 0.953 bits per heavy atom. The molecule has 350 valence electrons. The molecule has 10 unspecified atom stereocenters. The van der Waals surface area contributed by atoms with E-state index in [0.29, 0.717) is 71.6 Å². The van der Waals surface area contributed by atoms with Crippen molar-refractivity contribution in [3.8, 4) is 39.9 Å². The van der Waals surface area contributed by atoms with Gasteiger partial charge in [0.25, 0.3) is 0 Å². The van der Waals surface area contributed by atoms with Crippen molar-refractivity contribution in [1.29, 1.82) is 0 Å². The van der Waals surface area contributed by atoms with Crippen molar-refractivity contribution in [1.82, 2.24) is 0 Å². The first-order valence-corrected chi connectivity index (χ1v) is 24.2. The SMILES string of the molecule is CCCCCC(C)C1CC(C2Cc3cc(O)c(CC(C)C)cc3-c3c(OC)cc4c(c32)CC(O)C(c2ccc(O)c(OC3CCCC(CO)C3CCN=C(N)N)c2)O4)C=CC1CCO. The van der Waals surface area contributed by atoms with Gasteiger partial charge < -0.3 is 51.2 Å². The largest absolute Gasteiger partial charge is 0.508 e. The number of ether oxygens (including phenoxy) is 3. The van der Waals surface area contributed by atoms with Gasteiger partial charge in [-0.2, -0.15) is 0 Å². The first-order chi connectivity index (χ1) is 30.8. The number of hydrogen-bond acceptors (Lipinski definition) is 9. The van der Waals surface area contributed by atoms with Crippen LogP contribution < -0.4 is 25.7 Å². The van der Waals surface area contributed by atoms with Gasteiger partial charge in [-0.25, -0.2) is 0 Å². The zero-order valence-electron chi connectivity index (χ0n) is 38.8. The van der Waals surface area contributed by atoms with Gasteiger partial charge in [-0.15, -0.1) is 0 Å². The highest BCUT2D eigenvalue weighted by Gasteiger charge is 2.43. The lowest BCUT2D eigenvalue weighted by Crippen LogP contribution is -2.39. The number of aliphatic hydroxyl groups excluding tert-OH is 3. The fourth-order valence-corrected chi connectivity index (χ4v) is 11.8. The number of phenols is 2. The Balaban J connectivity index is 1.27. The third-order valence-corrected chi connectivity index (χ3v) is 15.1. The van der Waals surface area contributed by atoms with Crippen LogP contribution in [0, 0.1) is 41.4 Å². The lowest BCUT2D eigenvalue weighted by molar-refractivity contribution is 0.0169. The van der Waals surface area contributed by atoms with E-state index in [1.54, 1.807) is 25.3 Å². The minimum Gasteiger partial charge on any atom is -0.508 e. The summed E-state index contributed by atoms with van der Waals surface area (Å²) in [7, 11) is 1.70. The molecular weight excluding hydrogens is 807 g/mol. The number of benzene rings is 3. The lowest BCUT2D eigenvalue weighted by Gasteiger charge is -2.43. The number of hydrogen-bond donors (Lipinski definition) is 7. The Morgan fingerprint density at radius 3 is 2.48 bits per heavy atom. The Kier molecular flexibility index (Phi) is 15.8. The molecule has 0 amide bonds. The number of aliphatic hydroxyl groups is 3. The first kappa shape index (κ1) is 47.5. The zero-order chi connectivity index (χ0) is 45.7. The van der Waals surface area contributed by atoms with E-state index in [4.69, 9.17) is 25.7 Å². The number of phenolic OH excluding ortho intramolecular Hbond substituents is 2. The molecule has 11 heteroatoms. The van der Waals surface area contributed by atoms with Crippen LogP contribution in [0.25, 0.3) is 11.1 Å². The van der Waals surface area contributed by atoms with Crippen LogP contribution in [0.4, 0.5) is 0 Å². The van der Waals surface area contributed by atoms with Gasteiger partial charge in [0.15, 0.2) is 17.5 Å². The molecular formula is C53H75N3O8. The predicted molar refractivity (Wildman–Crippen MR) is 253 cm³/mol. The standard InChI is InChI=1S/C53H75N3O8/c1-6-7-8-10-31(4)39-22-33(14-13-32(39)18-20-57)40-23-36-25-44(60)37(21-30(2)3)24-41(36)51-49(62-5)28-47-42(50(40)51)27-45(61)52(64-47)34-15-16-43(59)48(26-34)63-46-12-9-11-35(29-58)38(46)17-19-56-53(54)55/h13-16,24-26,28,30-33,35,38-40,45-46,52,57-61H,6-12,17-23,27,29H2,1-5H3,(H4,54,55,56). The number of allylic oxidation sites excluding steroid dienone is 2. The van der Waals surface area contributed by atoms with Crippen LogP contribution in [-0.2, 0) is 19.3 Å². The number of guanidine groups is 1. The molecule has 1 heterocycles. The Morgan fingerprint density at radius 2 is 1.77 bits per heavy atom. The normalized spacial score (nSPS) is 26.6. The number of unbranched alkanes of at least 4 members (excludes halogenated alkanes) is 2. The van der Waals surface area contributed by atoms with Gasteiger partial charge in [-0.05, 0) is 145 Å². The van der Waals surface area contributed by atoms with E-state index in [9.17, 15) is 25.5 Å². The maximum absolute atomic E-state index is 12.2. The fraction of sp³-hybridized carbons (Fsp3) is 0.604. The number of nitrogens with two attached hydrogens (primary N) is 2. The number of aromatic hydroxyl groups is 2. The molecule has 3 aliphatic carbocycles. The van der Waals surface area contributed by atoms with Crippen molar-refractivity contribution in [3.05, 3.63) is 76.4 Å². The van der Waals surface area contributed by atoms with Crippen molar-refractivity contribution >= 4 is 5.96 Å². The highest BCUT2D eigenvalue weighted by atomic mass is 16.5. The van der Waals surface area contributed by atoms with E-state index < -0.39 is 12.2 Å². The van der Waals surface area contributed by atoms with E-state index in [1.807, 2.05) is 12.1 Å². The summed E-state index contributed by atoms with van der Waals surface area (Å²) < 4.78 is 19.8. The number of aliphatic imine (C=N–C) groups is 1. The second-order valence-corrected chi connectivity index (χ2v) is 19.8. The summed E-state index contributed by atoms with van der Waals surface area (Å²) in [6.07, 6.45) is 14.3. The quantitative estimate of drug-likeness (QED) is 0.0281. The highest BCUT2D eigenvalue weighted by Crippen LogP contribution is 2.56. The van der Waals surface area contributed by atoms with Crippen molar-refractivity contribution in [2.45, 2.75) is 135 Å². The zero-order valence-corrected chi connectivity index (χ0v) is 38.8. The Bertz CT molecular complexity index is 2120. The number of fused-ring (bicyclic) bond motifs is 5. The molecule has 3 aromatic carbocycles. The van der Waals surface area contributed by atoms with Gasteiger partial charge in [-0.3, -0.25) is 4.99 Å². The summed E-state index contributed by atoms with van der Waals surface area (Å²) in [5.74, 6) is 3.78. The van der Waals surface area contributed by atoms with Crippen molar-refractivity contribution in [2.75, 3.05) is 26.9 Å². The molecule has 10 atom stereocenters. The summed E-state index contributed by atoms with van der Waals surface area (Å²) in [4.78, 5) is 4.19. The number of methoxy groups -OCH3 is 1. The summed E-state index contributed by atoms with van der Waals surface area (Å²) in [6, 6.07) is 11.3. The van der Waals surface area contributed by atoms with Gasteiger partial charge in [0.1, 0.15) is 29.5 Å². The first-order valence-electron chi connectivity index (χ1n) is 24.2. The molecule has 1 aliphatic heterocycles. The van der Waals surface area contributed by atoms with Gasteiger partial charge in [0.05, 0.1) is 13.2 Å². The second kappa shape index (κ2) is 21.2. The van der Waals surface area contributed by atoms with Crippen molar-refractivity contribution in [2.24, 2.45) is 57.9 Å². The lowest BCUT2D eigenvalue weighted by atomic mass is 9.63. The minimum absolute atomic E-state index is 0.0107. The molecule has 3 aromatic rings. The van der Waals surface area contributed by atoms with Crippen LogP contribution in [0.2, 0.25) is 0 Å². The maximum Gasteiger partial charge on any atom is 0.185 e. The van der Waals surface area contributed by atoms with Crippen molar-refractivity contribution < 1.29 is 39.7 Å². The predicted octanol–water partition coefficient (Wildman–Crippen LogP) is 8.88. The molecule has 0 spiro atoms. The number of rotatable bonds is 18. The van der Waals surface area contributed by atoms with E-state index in [-0.39, 0.29) is 54.7 Å². The van der Waals surface area contributed by atoms with E-state index in [0.717, 1.165) is 84.7 Å². The molecule has 0 aromatic heterocycles. The van der Waals surface area contributed by atoms with Crippen LogP contribution >= 0.6 is 0 Å². The minimum atomic E-state index is -0.913. The van der Waals surface area contributed by atoms with Crippen LogP contribution in [0.5, 0.6) is 28.7 Å². The third kappa shape index (κ3) is 10.3.